The number of nitrogens with one attached hydrogen (secondary N) is 1. The van der Waals surface area contributed by atoms with Crippen molar-refractivity contribution in [1.82, 2.24) is 9.97 Å². The maximum atomic E-state index is 5.96. The number of imidazole rings is 1. The van der Waals surface area contributed by atoms with Crippen LogP contribution in [0.25, 0.3) is 11.0 Å². The lowest BCUT2D eigenvalue weighted by Crippen LogP contribution is -2.39. The topological polar surface area (TPSA) is 57.9 Å². The molecule has 0 radical (unpaired) electrons. The largest absolute Gasteiger partial charge is 0.370 e. The van der Waals surface area contributed by atoms with E-state index in [0.717, 1.165) is 49.2 Å². The fourth-order valence-electron chi connectivity index (χ4n) is 2.63. The highest BCUT2D eigenvalue weighted by Gasteiger charge is 2.19. The van der Waals surface area contributed by atoms with E-state index in [1.54, 1.807) is 0 Å². The van der Waals surface area contributed by atoms with Crippen LogP contribution in [0.1, 0.15) is 25.6 Å². The monoisotopic (exact) mass is 244 g/mol. The molecule has 0 unspecified atom stereocenters. The molecule has 0 saturated carbocycles. The molecule has 4 heteroatoms. The van der Waals surface area contributed by atoms with Crippen LogP contribution in [0.3, 0.4) is 0 Å². The summed E-state index contributed by atoms with van der Waals surface area (Å²) in [6, 6.07) is 6.73. The molecule has 3 rings (SSSR count). The van der Waals surface area contributed by atoms with Gasteiger partial charge in [0.25, 0.3) is 0 Å². The highest BCUT2D eigenvalue weighted by molar-refractivity contribution is 5.89. The van der Waals surface area contributed by atoms with E-state index < -0.39 is 0 Å². The summed E-state index contributed by atoms with van der Waals surface area (Å²) in [5, 5.41) is 0. The molecule has 96 valence electrons. The van der Waals surface area contributed by atoms with Gasteiger partial charge in [-0.25, -0.2) is 4.98 Å². The maximum absolute atomic E-state index is 5.96. The van der Waals surface area contributed by atoms with Crippen molar-refractivity contribution >= 4 is 16.7 Å². The molecule has 3 N–H and O–H groups in total. The molecule has 0 bridgehead atoms. The maximum Gasteiger partial charge on any atom is 0.112 e. The average Bonchev–Trinajstić information content (AvgIpc) is 2.82. The molecule has 0 amide bonds. The van der Waals surface area contributed by atoms with Crippen LogP contribution < -0.4 is 10.6 Å². The first-order valence-corrected chi connectivity index (χ1v) is 6.76. The summed E-state index contributed by atoms with van der Waals surface area (Å²) in [5.41, 5.74) is 9.45. The zero-order valence-corrected chi connectivity index (χ0v) is 10.8. The number of para-hydroxylation sites is 1. The van der Waals surface area contributed by atoms with E-state index in [0.29, 0.717) is 6.04 Å². The van der Waals surface area contributed by atoms with Gasteiger partial charge in [0.1, 0.15) is 11.3 Å². The predicted molar refractivity (Wildman–Crippen MR) is 74.9 cm³/mol. The van der Waals surface area contributed by atoms with Crippen LogP contribution in [-0.4, -0.2) is 29.1 Å². The van der Waals surface area contributed by atoms with E-state index in [2.05, 4.69) is 35.0 Å². The molecular weight excluding hydrogens is 224 g/mol. The minimum absolute atomic E-state index is 0.367. The van der Waals surface area contributed by atoms with E-state index in [4.69, 9.17) is 10.7 Å². The highest BCUT2D eigenvalue weighted by Crippen LogP contribution is 2.27. The fraction of sp³-hybridized carbons (Fsp3) is 0.500. The van der Waals surface area contributed by atoms with Gasteiger partial charge in [-0.1, -0.05) is 13.0 Å². The van der Waals surface area contributed by atoms with Gasteiger partial charge >= 0.3 is 0 Å². The lowest BCUT2D eigenvalue weighted by atomic mass is 10.1. The van der Waals surface area contributed by atoms with Crippen molar-refractivity contribution in [2.45, 2.75) is 32.2 Å². The second kappa shape index (κ2) is 4.61. The third-order valence-electron chi connectivity index (χ3n) is 3.76. The second-order valence-electron chi connectivity index (χ2n) is 5.03. The van der Waals surface area contributed by atoms with Crippen LogP contribution >= 0.6 is 0 Å². The Hall–Kier alpha value is -1.55. The number of anilines is 1. The SMILES string of the molecule is CCc1nc2c(N3CCC(N)CC3)cccc2[nH]1. The van der Waals surface area contributed by atoms with Gasteiger partial charge in [-0.05, 0) is 25.0 Å². The van der Waals surface area contributed by atoms with Gasteiger partial charge in [0.2, 0.25) is 0 Å². The van der Waals surface area contributed by atoms with Crippen molar-refractivity contribution in [3.05, 3.63) is 24.0 Å². The van der Waals surface area contributed by atoms with Gasteiger partial charge in [-0.3, -0.25) is 0 Å². The van der Waals surface area contributed by atoms with Crippen LogP contribution in [0, 0.1) is 0 Å². The number of H-pyrrole nitrogens is 1. The number of benzene rings is 1. The summed E-state index contributed by atoms with van der Waals surface area (Å²) in [7, 11) is 0. The van der Waals surface area contributed by atoms with Crippen molar-refractivity contribution < 1.29 is 0 Å². The number of aryl methyl sites for hydroxylation is 1. The Labute approximate surface area is 107 Å². The van der Waals surface area contributed by atoms with E-state index in [9.17, 15) is 0 Å². The average molecular weight is 244 g/mol. The summed E-state index contributed by atoms with van der Waals surface area (Å²) in [6.07, 6.45) is 3.09. The van der Waals surface area contributed by atoms with Crippen molar-refractivity contribution in [3.8, 4) is 0 Å². The minimum Gasteiger partial charge on any atom is -0.370 e. The second-order valence-corrected chi connectivity index (χ2v) is 5.03. The molecule has 1 fully saturated rings. The Balaban J connectivity index is 1.98. The Kier molecular flexibility index (Phi) is 2.96. The lowest BCUT2D eigenvalue weighted by Gasteiger charge is -2.32. The van der Waals surface area contributed by atoms with Crippen molar-refractivity contribution in [1.29, 1.82) is 0 Å². The van der Waals surface area contributed by atoms with Crippen LogP contribution in [0.5, 0.6) is 0 Å². The van der Waals surface area contributed by atoms with E-state index in [1.807, 2.05) is 0 Å². The molecule has 4 nitrogen and oxygen atoms in total. The first-order chi connectivity index (χ1) is 8.78. The van der Waals surface area contributed by atoms with Crippen LogP contribution in [0.2, 0.25) is 0 Å². The van der Waals surface area contributed by atoms with Crippen molar-refractivity contribution in [2.75, 3.05) is 18.0 Å². The number of piperidine rings is 1. The van der Waals surface area contributed by atoms with E-state index in [1.165, 1.54) is 5.69 Å². The summed E-state index contributed by atoms with van der Waals surface area (Å²) in [4.78, 5) is 10.5. The van der Waals surface area contributed by atoms with Gasteiger partial charge in [0, 0.05) is 25.6 Å². The third kappa shape index (κ3) is 1.97. The van der Waals surface area contributed by atoms with Gasteiger partial charge in [-0.2, -0.15) is 0 Å². The number of fused-ring (bicyclic) bond motifs is 1. The molecular formula is C14H20N4. The molecule has 1 aromatic heterocycles. The molecule has 0 aliphatic carbocycles. The number of aromatic amines is 1. The van der Waals surface area contributed by atoms with Crippen LogP contribution in [0.15, 0.2) is 18.2 Å². The number of aromatic nitrogens is 2. The zero-order chi connectivity index (χ0) is 12.5. The Morgan fingerprint density at radius 3 is 2.89 bits per heavy atom. The third-order valence-corrected chi connectivity index (χ3v) is 3.76. The summed E-state index contributed by atoms with van der Waals surface area (Å²) >= 11 is 0. The van der Waals surface area contributed by atoms with Crippen molar-refractivity contribution in [3.63, 3.8) is 0 Å². The van der Waals surface area contributed by atoms with Gasteiger partial charge < -0.3 is 15.6 Å². The number of hydrogen-bond acceptors (Lipinski definition) is 3. The minimum atomic E-state index is 0.367. The molecule has 0 atom stereocenters. The molecule has 18 heavy (non-hydrogen) atoms. The molecule has 2 aromatic rings. The van der Waals surface area contributed by atoms with Gasteiger partial charge in [0.05, 0.1) is 11.2 Å². The van der Waals surface area contributed by atoms with Crippen LogP contribution in [0.4, 0.5) is 5.69 Å². The number of rotatable bonds is 2. The normalized spacial score (nSPS) is 17.6. The Morgan fingerprint density at radius 2 is 2.17 bits per heavy atom. The van der Waals surface area contributed by atoms with Gasteiger partial charge in [0.15, 0.2) is 0 Å². The number of nitrogens with zero attached hydrogens (tertiary/aromatic N) is 2. The number of hydrogen-bond donors (Lipinski definition) is 2. The van der Waals surface area contributed by atoms with E-state index in [-0.39, 0.29) is 0 Å². The standard InChI is InChI=1S/C14H20N4/c1-2-13-16-11-4-3-5-12(14(11)17-13)18-8-6-10(15)7-9-18/h3-5,10H,2,6-9,15H2,1H3,(H,16,17). The zero-order valence-electron chi connectivity index (χ0n) is 10.8. The molecule has 1 saturated heterocycles. The molecule has 0 spiro atoms. The molecule has 1 aliphatic heterocycles. The van der Waals surface area contributed by atoms with Crippen LogP contribution in [-0.2, 0) is 6.42 Å². The highest BCUT2D eigenvalue weighted by atomic mass is 15.2. The quantitative estimate of drug-likeness (QED) is 0.850. The first-order valence-electron chi connectivity index (χ1n) is 6.76. The molecule has 1 aliphatic rings. The summed E-state index contributed by atoms with van der Waals surface area (Å²) < 4.78 is 0. The fourth-order valence-corrected chi connectivity index (χ4v) is 2.63. The summed E-state index contributed by atoms with van der Waals surface area (Å²) in [6.45, 7) is 4.19. The van der Waals surface area contributed by atoms with E-state index >= 15 is 0 Å². The van der Waals surface area contributed by atoms with Crippen molar-refractivity contribution in [2.24, 2.45) is 5.73 Å². The Morgan fingerprint density at radius 1 is 1.39 bits per heavy atom. The van der Waals surface area contributed by atoms with Gasteiger partial charge in [-0.15, -0.1) is 0 Å². The summed E-state index contributed by atoms with van der Waals surface area (Å²) in [5.74, 6) is 1.06. The predicted octanol–water partition coefficient (Wildman–Crippen LogP) is 2.05. The lowest BCUT2D eigenvalue weighted by molar-refractivity contribution is 0.502. The smallest absolute Gasteiger partial charge is 0.112 e. The Bertz CT molecular complexity index is 538. The first kappa shape index (κ1) is 11.5. The number of nitrogens with two attached hydrogens (primary N) is 1. The molecule has 1 aromatic carbocycles. The molecule has 2 heterocycles.